The van der Waals surface area contributed by atoms with Crippen molar-refractivity contribution < 1.29 is 9.31 Å². The summed E-state index contributed by atoms with van der Waals surface area (Å²) < 4.78 is 13.7. The second kappa shape index (κ2) is 6.55. The van der Waals surface area contributed by atoms with E-state index in [0.29, 0.717) is 18.4 Å². The largest absolute Gasteiger partial charge is 0.305 e. The molecule has 0 bridgehead atoms. The van der Waals surface area contributed by atoms with E-state index in [1.54, 1.807) is 6.07 Å². The number of hydrogen-bond acceptors (Lipinski definition) is 2. The number of halogens is 2. The average molecular weight is 260 g/mol. The maximum absolute atomic E-state index is 13.7. The first-order valence-corrected chi connectivity index (χ1v) is 6.05. The molecule has 3 nitrogen and oxygen atoms in total. The number of rotatable bonds is 6. The molecule has 0 spiro atoms. The minimum absolute atomic E-state index is 0.00124. The van der Waals surface area contributed by atoms with E-state index in [1.807, 2.05) is 6.92 Å². The fraction of sp³-hybridized carbons (Fsp3) is 0.500. The molecule has 0 aromatic heterocycles. The molecule has 1 atom stereocenters. The van der Waals surface area contributed by atoms with E-state index in [0.717, 1.165) is 12.8 Å². The molecule has 0 aliphatic rings. The van der Waals surface area contributed by atoms with Crippen molar-refractivity contribution in [2.45, 2.75) is 38.0 Å². The Labute approximate surface area is 105 Å². The van der Waals surface area contributed by atoms with Crippen molar-refractivity contribution in [3.05, 3.63) is 39.7 Å². The molecule has 17 heavy (non-hydrogen) atoms. The van der Waals surface area contributed by atoms with Gasteiger partial charge in [0, 0.05) is 11.4 Å². The Kier molecular flexibility index (Phi) is 5.35. The molecule has 0 saturated carbocycles. The molecule has 0 amide bonds. The third-order valence-electron chi connectivity index (χ3n) is 2.58. The lowest BCUT2D eigenvalue weighted by molar-refractivity contribution is -0.387. The van der Waals surface area contributed by atoms with Crippen LogP contribution in [0.25, 0.3) is 0 Å². The van der Waals surface area contributed by atoms with Gasteiger partial charge in [-0.05, 0) is 24.8 Å². The van der Waals surface area contributed by atoms with Crippen molar-refractivity contribution in [2.75, 3.05) is 0 Å². The van der Waals surface area contributed by atoms with Crippen LogP contribution in [0.4, 0.5) is 10.1 Å². The Bertz CT molecular complexity index is 398. The molecule has 0 fully saturated rings. The SMILES string of the molecule is CCCC(Cl)CCc1cccc([N+](=O)[O-])c1F. The zero-order valence-corrected chi connectivity index (χ0v) is 10.4. The summed E-state index contributed by atoms with van der Waals surface area (Å²) in [6.45, 7) is 2.03. The first-order chi connectivity index (χ1) is 8.06. The molecular weight excluding hydrogens is 245 g/mol. The summed E-state index contributed by atoms with van der Waals surface area (Å²) in [4.78, 5) is 9.85. The van der Waals surface area contributed by atoms with Crippen molar-refractivity contribution in [1.82, 2.24) is 0 Å². The molecule has 94 valence electrons. The van der Waals surface area contributed by atoms with Crippen LogP contribution < -0.4 is 0 Å². The molecule has 5 heteroatoms. The van der Waals surface area contributed by atoms with E-state index in [1.165, 1.54) is 12.1 Å². The summed E-state index contributed by atoms with van der Waals surface area (Å²) >= 11 is 6.03. The van der Waals surface area contributed by atoms with Crippen molar-refractivity contribution >= 4 is 17.3 Å². The lowest BCUT2D eigenvalue weighted by Gasteiger charge is -2.08. The van der Waals surface area contributed by atoms with E-state index >= 15 is 0 Å². The second-order valence-electron chi connectivity index (χ2n) is 3.93. The fourth-order valence-electron chi connectivity index (χ4n) is 1.67. The molecule has 1 aromatic rings. The predicted molar refractivity (Wildman–Crippen MR) is 65.9 cm³/mol. The van der Waals surface area contributed by atoms with Crippen LogP contribution in [0.1, 0.15) is 31.7 Å². The van der Waals surface area contributed by atoms with Crippen LogP contribution in [0.3, 0.4) is 0 Å². The van der Waals surface area contributed by atoms with Crippen molar-refractivity contribution in [2.24, 2.45) is 0 Å². The summed E-state index contributed by atoms with van der Waals surface area (Å²) in [5, 5.41) is 10.6. The van der Waals surface area contributed by atoms with Crippen LogP contribution in [0.2, 0.25) is 0 Å². The molecule has 0 radical (unpaired) electrons. The number of benzene rings is 1. The van der Waals surface area contributed by atoms with Gasteiger partial charge in [0.25, 0.3) is 0 Å². The van der Waals surface area contributed by atoms with Crippen LogP contribution in [0.15, 0.2) is 18.2 Å². The molecule has 1 unspecified atom stereocenters. The van der Waals surface area contributed by atoms with Crippen molar-refractivity contribution in [3.8, 4) is 0 Å². The Morgan fingerprint density at radius 2 is 2.18 bits per heavy atom. The first kappa shape index (κ1) is 13.9. The minimum atomic E-state index is -0.738. The van der Waals surface area contributed by atoms with E-state index in [2.05, 4.69) is 0 Å². The normalized spacial score (nSPS) is 12.4. The van der Waals surface area contributed by atoms with Crippen molar-refractivity contribution in [1.29, 1.82) is 0 Å². The molecule has 0 heterocycles. The van der Waals surface area contributed by atoms with Gasteiger partial charge in [-0.2, -0.15) is 4.39 Å². The number of aryl methyl sites for hydroxylation is 1. The quantitative estimate of drug-likeness (QED) is 0.439. The summed E-state index contributed by atoms with van der Waals surface area (Å²) in [6, 6.07) is 4.24. The summed E-state index contributed by atoms with van der Waals surface area (Å²) in [6.07, 6.45) is 2.92. The summed E-state index contributed by atoms with van der Waals surface area (Å²) in [7, 11) is 0. The lowest BCUT2D eigenvalue weighted by Crippen LogP contribution is -2.03. The molecule has 1 rings (SSSR count). The lowest BCUT2D eigenvalue weighted by atomic mass is 10.0. The maximum Gasteiger partial charge on any atom is 0.305 e. The van der Waals surface area contributed by atoms with Crippen LogP contribution >= 0.6 is 11.6 Å². The van der Waals surface area contributed by atoms with Crippen LogP contribution in [0, 0.1) is 15.9 Å². The monoisotopic (exact) mass is 259 g/mol. The average Bonchev–Trinajstić information content (AvgIpc) is 2.27. The second-order valence-corrected chi connectivity index (χ2v) is 4.55. The highest BCUT2D eigenvalue weighted by Crippen LogP contribution is 2.22. The predicted octanol–water partition coefficient (Wildman–Crippen LogP) is 4.07. The van der Waals surface area contributed by atoms with Gasteiger partial charge in [0.15, 0.2) is 0 Å². The standard InChI is InChI=1S/C12H15ClFNO2/c1-2-4-10(13)8-7-9-5-3-6-11(12(9)14)15(16)17/h3,5-6,10H,2,4,7-8H2,1H3. The van der Waals surface area contributed by atoms with Crippen LogP contribution in [-0.4, -0.2) is 10.3 Å². The van der Waals surface area contributed by atoms with Gasteiger partial charge in [-0.15, -0.1) is 11.6 Å². The van der Waals surface area contributed by atoms with E-state index in [4.69, 9.17) is 11.6 Å². The maximum atomic E-state index is 13.7. The van der Waals surface area contributed by atoms with E-state index in [-0.39, 0.29) is 5.38 Å². The molecular formula is C12H15ClFNO2. The third-order valence-corrected chi connectivity index (χ3v) is 3.02. The number of hydrogen-bond donors (Lipinski definition) is 0. The Hall–Kier alpha value is -1.16. The molecule has 0 N–H and O–H groups in total. The van der Waals surface area contributed by atoms with Crippen molar-refractivity contribution in [3.63, 3.8) is 0 Å². The zero-order chi connectivity index (χ0) is 12.8. The van der Waals surface area contributed by atoms with Gasteiger partial charge in [0.2, 0.25) is 5.82 Å². The fourth-order valence-corrected chi connectivity index (χ4v) is 2.00. The third kappa shape index (κ3) is 3.97. The molecule has 0 saturated heterocycles. The van der Waals surface area contributed by atoms with E-state index in [9.17, 15) is 14.5 Å². The Morgan fingerprint density at radius 3 is 2.76 bits per heavy atom. The highest BCUT2D eigenvalue weighted by atomic mass is 35.5. The Balaban J connectivity index is 2.72. The van der Waals surface area contributed by atoms with Gasteiger partial charge in [-0.25, -0.2) is 0 Å². The highest BCUT2D eigenvalue weighted by molar-refractivity contribution is 6.20. The first-order valence-electron chi connectivity index (χ1n) is 5.62. The van der Waals surface area contributed by atoms with Crippen LogP contribution in [-0.2, 0) is 6.42 Å². The smallest absolute Gasteiger partial charge is 0.258 e. The van der Waals surface area contributed by atoms with Gasteiger partial charge < -0.3 is 0 Å². The number of nitro groups is 1. The van der Waals surface area contributed by atoms with Gasteiger partial charge in [0.05, 0.1) is 4.92 Å². The number of nitro benzene ring substituents is 1. The Morgan fingerprint density at radius 1 is 1.47 bits per heavy atom. The molecule has 0 aliphatic carbocycles. The highest BCUT2D eigenvalue weighted by Gasteiger charge is 2.17. The van der Waals surface area contributed by atoms with Crippen LogP contribution in [0.5, 0.6) is 0 Å². The molecule has 0 aliphatic heterocycles. The topological polar surface area (TPSA) is 43.1 Å². The molecule has 1 aromatic carbocycles. The van der Waals surface area contributed by atoms with E-state index < -0.39 is 16.4 Å². The minimum Gasteiger partial charge on any atom is -0.258 e. The zero-order valence-electron chi connectivity index (χ0n) is 9.66. The summed E-state index contributed by atoms with van der Waals surface area (Å²) in [5.41, 5.74) is -0.106. The van der Waals surface area contributed by atoms with Gasteiger partial charge >= 0.3 is 5.69 Å². The summed E-state index contributed by atoms with van der Waals surface area (Å²) in [5.74, 6) is -0.738. The van der Waals surface area contributed by atoms with Gasteiger partial charge in [-0.3, -0.25) is 10.1 Å². The van der Waals surface area contributed by atoms with Gasteiger partial charge in [0.1, 0.15) is 0 Å². The van der Waals surface area contributed by atoms with Gasteiger partial charge in [-0.1, -0.05) is 25.5 Å². The number of alkyl halides is 1. The number of nitrogens with zero attached hydrogens (tertiary/aromatic N) is 1.